The van der Waals surface area contributed by atoms with Gasteiger partial charge in [-0.15, -0.1) is 0 Å². The second-order valence-electron chi connectivity index (χ2n) is 6.00. The molecule has 0 heterocycles. The number of benzene rings is 2. The van der Waals surface area contributed by atoms with E-state index in [4.69, 9.17) is 0 Å². The van der Waals surface area contributed by atoms with Crippen LogP contribution < -0.4 is 21.3 Å². The average Bonchev–Trinajstić information content (AvgIpc) is 2.65. The minimum atomic E-state index is -0.230. The summed E-state index contributed by atoms with van der Waals surface area (Å²) >= 11 is 0. The highest BCUT2D eigenvalue weighted by Crippen LogP contribution is 2.14. The third-order valence-electron chi connectivity index (χ3n) is 3.60. The number of anilines is 3. The zero-order valence-corrected chi connectivity index (χ0v) is 15.5. The van der Waals surface area contributed by atoms with E-state index in [2.05, 4.69) is 21.3 Å². The summed E-state index contributed by atoms with van der Waals surface area (Å²) in [7, 11) is 0. The van der Waals surface area contributed by atoms with Crippen molar-refractivity contribution in [3.63, 3.8) is 0 Å². The largest absolute Gasteiger partial charge is 0.376 e. The molecule has 2 aromatic carbocycles. The number of hydrogen-bond donors (Lipinski definition) is 4. The zero-order chi connectivity index (χ0) is 19.6. The molecule has 27 heavy (non-hydrogen) atoms. The SMILES string of the molecule is CCCNC(=O)c1cccc(NC(=O)CNc2ccc(NC(C)=O)cc2)c1. The van der Waals surface area contributed by atoms with Crippen LogP contribution in [0.1, 0.15) is 30.6 Å². The molecule has 4 N–H and O–H groups in total. The van der Waals surface area contributed by atoms with Gasteiger partial charge in [0.05, 0.1) is 6.54 Å². The van der Waals surface area contributed by atoms with Gasteiger partial charge in [0.1, 0.15) is 0 Å². The molecule has 0 fully saturated rings. The van der Waals surface area contributed by atoms with Crippen LogP contribution in [0.3, 0.4) is 0 Å². The summed E-state index contributed by atoms with van der Waals surface area (Å²) in [6.45, 7) is 4.11. The summed E-state index contributed by atoms with van der Waals surface area (Å²) in [5, 5.41) is 11.2. The van der Waals surface area contributed by atoms with Crippen molar-refractivity contribution < 1.29 is 14.4 Å². The normalized spacial score (nSPS) is 10.0. The molecular formula is C20H24N4O3. The van der Waals surface area contributed by atoms with Gasteiger partial charge < -0.3 is 21.3 Å². The van der Waals surface area contributed by atoms with Gasteiger partial charge in [-0.3, -0.25) is 14.4 Å². The van der Waals surface area contributed by atoms with Crippen molar-refractivity contribution in [2.24, 2.45) is 0 Å². The first-order chi connectivity index (χ1) is 13.0. The van der Waals surface area contributed by atoms with Gasteiger partial charge in [0.25, 0.3) is 5.91 Å². The second kappa shape index (κ2) is 9.96. The van der Waals surface area contributed by atoms with Crippen LogP contribution in [0.2, 0.25) is 0 Å². The van der Waals surface area contributed by atoms with E-state index in [0.717, 1.165) is 12.1 Å². The third kappa shape index (κ3) is 6.81. The Hall–Kier alpha value is -3.35. The molecule has 0 radical (unpaired) electrons. The molecule has 7 heteroatoms. The summed E-state index contributed by atoms with van der Waals surface area (Å²) in [5.74, 6) is -0.530. The van der Waals surface area contributed by atoms with E-state index in [1.54, 1.807) is 48.5 Å². The van der Waals surface area contributed by atoms with Crippen molar-refractivity contribution in [1.82, 2.24) is 5.32 Å². The first-order valence-electron chi connectivity index (χ1n) is 8.77. The smallest absolute Gasteiger partial charge is 0.251 e. The molecule has 0 bridgehead atoms. The molecule has 142 valence electrons. The van der Waals surface area contributed by atoms with E-state index < -0.39 is 0 Å². The Labute approximate surface area is 158 Å². The van der Waals surface area contributed by atoms with E-state index in [1.165, 1.54) is 6.92 Å². The topological polar surface area (TPSA) is 99.3 Å². The first-order valence-corrected chi connectivity index (χ1v) is 8.77. The van der Waals surface area contributed by atoms with Crippen molar-refractivity contribution >= 4 is 34.8 Å². The van der Waals surface area contributed by atoms with Crippen LogP contribution in [0.5, 0.6) is 0 Å². The molecule has 0 aliphatic rings. The zero-order valence-electron chi connectivity index (χ0n) is 15.5. The minimum Gasteiger partial charge on any atom is -0.376 e. The van der Waals surface area contributed by atoms with Crippen molar-refractivity contribution in [2.45, 2.75) is 20.3 Å². The molecule has 0 aliphatic carbocycles. The number of rotatable bonds is 8. The Kier molecular flexibility index (Phi) is 7.37. The lowest BCUT2D eigenvalue weighted by atomic mass is 10.2. The van der Waals surface area contributed by atoms with Gasteiger partial charge in [-0.05, 0) is 48.9 Å². The average molecular weight is 368 g/mol. The first kappa shape index (κ1) is 20.0. The molecule has 3 amide bonds. The molecule has 0 spiro atoms. The Balaban J connectivity index is 1.86. The molecule has 0 unspecified atom stereocenters. The van der Waals surface area contributed by atoms with Gasteiger partial charge in [-0.25, -0.2) is 0 Å². The van der Waals surface area contributed by atoms with Crippen LogP contribution in [-0.4, -0.2) is 30.8 Å². The van der Waals surface area contributed by atoms with Gasteiger partial charge in [0.2, 0.25) is 11.8 Å². The predicted molar refractivity (Wildman–Crippen MR) is 107 cm³/mol. The lowest BCUT2D eigenvalue weighted by molar-refractivity contribution is -0.115. The quantitative estimate of drug-likeness (QED) is 0.576. The highest BCUT2D eigenvalue weighted by molar-refractivity contribution is 5.98. The Morgan fingerprint density at radius 2 is 1.59 bits per heavy atom. The molecule has 2 aromatic rings. The van der Waals surface area contributed by atoms with E-state index >= 15 is 0 Å². The van der Waals surface area contributed by atoms with Gasteiger partial charge in [0.15, 0.2) is 0 Å². The van der Waals surface area contributed by atoms with Gasteiger partial charge >= 0.3 is 0 Å². The highest BCUT2D eigenvalue weighted by atomic mass is 16.2. The van der Waals surface area contributed by atoms with Crippen LogP contribution in [0, 0.1) is 0 Å². The predicted octanol–water partition coefficient (Wildman–Crippen LogP) is 2.84. The minimum absolute atomic E-state index is 0.0751. The molecule has 0 atom stereocenters. The van der Waals surface area contributed by atoms with Gasteiger partial charge in [-0.1, -0.05) is 13.0 Å². The Morgan fingerprint density at radius 3 is 2.26 bits per heavy atom. The Morgan fingerprint density at radius 1 is 0.889 bits per heavy atom. The second-order valence-corrected chi connectivity index (χ2v) is 6.00. The van der Waals surface area contributed by atoms with Gasteiger partial charge in [0, 0.05) is 36.1 Å². The molecular weight excluding hydrogens is 344 g/mol. The van der Waals surface area contributed by atoms with Crippen molar-refractivity contribution in [2.75, 3.05) is 29.0 Å². The van der Waals surface area contributed by atoms with Crippen LogP contribution in [0.4, 0.5) is 17.1 Å². The lowest BCUT2D eigenvalue weighted by Crippen LogP contribution is -2.24. The van der Waals surface area contributed by atoms with Crippen molar-refractivity contribution in [1.29, 1.82) is 0 Å². The van der Waals surface area contributed by atoms with E-state index in [0.29, 0.717) is 23.5 Å². The molecule has 0 aromatic heterocycles. The van der Waals surface area contributed by atoms with Crippen molar-refractivity contribution in [3.8, 4) is 0 Å². The highest BCUT2D eigenvalue weighted by Gasteiger charge is 2.07. The summed E-state index contributed by atoms with van der Waals surface area (Å²) in [4.78, 5) is 35.1. The summed E-state index contributed by atoms with van der Waals surface area (Å²) in [6.07, 6.45) is 0.861. The summed E-state index contributed by atoms with van der Waals surface area (Å²) < 4.78 is 0. The summed E-state index contributed by atoms with van der Waals surface area (Å²) in [6, 6.07) is 13.9. The third-order valence-corrected chi connectivity index (χ3v) is 3.60. The number of amides is 3. The van der Waals surface area contributed by atoms with E-state index in [-0.39, 0.29) is 24.3 Å². The molecule has 2 rings (SSSR count). The maximum Gasteiger partial charge on any atom is 0.251 e. The van der Waals surface area contributed by atoms with Gasteiger partial charge in [-0.2, -0.15) is 0 Å². The van der Waals surface area contributed by atoms with E-state index in [9.17, 15) is 14.4 Å². The monoisotopic (exact) mass is 368 g/mol. The van der Waals surface area contributed by atoms with Crippen LogP contribution in [-0.2, 0) is 9.59 Å². The number of carbonyl (C=O) groups is 3. The van der Waals surface area contributed by atoms with Crippen LogP contribution >= 0.6 is 0 Å². The Bertz CT molecular complexity index is 803. The molecule has 0 saturated heterocycles. The maximum atomic E-state index is 12.1. The molecule has 7 nitrogen and oxygen atoms in total. The lowest BCUT2D eigenvalue weighted by Gasteiger charge is -2.10. The fraction of sp³-hybridized carbons (Fsp3) is 0.250. The fourth-order valence-corrected chi connectivity index (χ4v) is 2.34. The van der Waals surface area contributed by atoms with Crippen molar-refractivity contribution in [3.05, 3.63) is 54.1 Å². The molecule has 0 saturated carbocycles. The number of nitrogens with one attached hydrogen (secondary N) is 4. The fourth-order valence-electron chi connectivity index (χ4n) is 2.34. The number of carbonyl (C=O) groups excluding carboxylic acids is 3. The standard InChI is InChI=1S/C20H24N4O3/c1-3-11-21-20(27)15-5-4-6-18(12-15)24-19(26)13-22-16-7-9-17(10-8-16)23-14(2)25/h4-10,12,22H,3,11,13H2,1-2H3,(H,21,27)(H,23,25)(H,24,26). The number of hydrogen-bond acceptors (Lipinski definition) is 4. The van der Waals surface area contributed by atoms with Crippen LogP contribution in [0.15, 0.2) is 48.5 Å². The molecule has 0 aliphatic heterocycles. The summed E-state index contributed by atoms with van der Waals surface area (Å²) in [5.41, 5.74) is 2.51. The van der Waals surface area contributed by atoms with E-state index in [1.807, 2.05) is 6.92 Å². The van der Waals surface area contributed by atoms with Crippen LogP contribution in [0.25, 0.3) is 0 Å². The maximum absolute atomic E-state index is 12.1.